The lowest BCUT2D eigenvalue weighted by Gasteiger charge is -2.32. The second kappa shape index (κ2) is 6.49. The first-order chi connectivity index (χ1) is 11.3. The highest BCUT2D eigenvalue weighted by molar-refractivity contribution is 7.29. The van der Waals surface area contributed by atoms with Crippen molar-refractivity contribution >= 4 is 27.4 Å². The van der Waals surface area contributed by atoms with E-state index in [1.165, 1.54) is 35.8 Å². The third kappa shape index (κ3) is 2.92. The average Bonchev–Trinajstić information content (AvgIpc) is 3.21. The number of nitrogens with zero attached hydrogens (tertiary/aromatic N) is 1. The van der Waals surface area contributed by atoms with Gasteiger partial charge in [-0.15, -0.1) is 0 Å². The SMILES string of the molecule is C[Si](CC1OPN2CCC[C@@H]12)(c1ccccc1)c1ccccc1. The Bertz CT molecular complexity index is 611. The smallest absolute Gasteiger partial charge is 0.117 e. The van der Waals surface area contributed by atoms with Gasteiger partial charge in [0.25, 0.3) is 0 Å². The van der Waals surface area contributed by atoms with Crippen LogP contribution in [0.5, 0.6) is 0 Å². The molecule has 2 aromatic rings. The topological polar surface area (TPSA) is 12.5 Å². The Kier molecular flexibility index (Phi) is 4.38. The van der Waals surface area contributed by atoms with E-state index < -0.39 is 8.07 Å². The van der Waals surface area contributed by atoms with Gasteiger partial charge in [0.2, 0.25) is 0 Å². The molecule has 2 unspecified atom stereocenters. The highest BCUT2D eigenvalue weighted by atomic mass is 31.1. The normalized spacial score (nSPS) is 25.8. The summed E-state index contributed by atoms with van der Waals surface area (Å²) in [5.74, 6) is 0. The quantitative estimate of drug-likeness (QED) is 0.625. The maximum absolute atomic E-state index is 6.25. The van der Waals surface area contributed by atoms with E-state index in [-0.39, 0.29) is 0 Å². The Labute approximate surface area is 141 Å². The molecule has 120 valence electrons. The number of benzene rings is 2. The van der Waals surface area contributed by atoms with Gasteiger partial charge in [0.15, 0.2) is 0 Å². The molecule has 0 amide bonds. The highest BCUT2D eigenvalue weighted by Gasteiger charge is 2.44. The number of fused-ring (bicyclic) bond motifs is 1. The summed E-state index contributed by atoms with van der Waals surface area (Å²) in [5.41, 5.74) is 0. The molecular formula is C19H24NOPSi. The first-order valence-corrected chi connectivity index (χ1v) is 12.1. The fraction of sp³-hybridized carbons (Fsp3) is 0.368. The van der Waals surface area contributed by atoms with Crippen LogP contribution in [-0.4, -0.2) is 31.4 Å². The molecule has 2 nitrogen and oxygen atoms in total. The lowest BCUT2D eigenvalue weighted by Crippen LogP contribution is -2.58. The molecule has 0 bridgehead atoms. The summed E-state index contributed by atoms with van der Waals surface area (Å²) in [7, 11) is -1.19. The molecule has 2 aliphatic rings. The third-order valence-electron chi connectivity index (χ3n) is 5.48. The number of hydrogen-bond donors (Lipinski definition) is 0. The van der Waals surface area contributed by atoms with Crippen molar-refractivity contribution in [2.75, 3.05) is 6.54 Å². The van der Waals surface area contributed by atoms with Crippen LogP contribution in [0.15, 0.2) is 60.7 Å². The van der Waals surface area contributed by atoms with E-state index in [0.717, 1.165) is 0 Å². The van der Waals surface area contributed by atoms with Crippen LogP contribution in [-0.2, 0) is 4.52 Å². The molecule has 2 aromatic carbocycles. The van der Waals surface area contributed by atoms with Gasteiger partial charge in [-0.25, -0.2) is 0 Å². The molecule has 4 heteroatoms. The summed E-state index contributed by atoms with van der Waals surface area (Å²) in [6.07, 6.45) is 3.06. The molecule has 0 spiro atoms. The predicted octanol–water partition coefficient (Wildman–Crippen LogP) is 3.25. The minimum atomic E-state index is -1.77. The molecule has 2 heterocycles. The molecule has 0 aliphatic carbocycles. The van der Waals surface area contributed by atoms with Crippen molar-refractivity contribution < 1.29 is 4.52 Å². The first-order valence-electron chi connectivity index (χ1n) is 8.56. The van der Waals surface area contributed by atoms with Crippen LogP contribution < -0.4 is 10.4 Å². The van der Waals surface area contributed by atoms with Crippen LogP contribution in [0.2, 0.25) is 12.6 Å². The number of hydrogen-bond acceptors (Lipinski definition) is 2. The van der Waals surface area contributed by atoms with Crippen LogP contribution in [0.4, 0.5) is 0 Å². The summed E-state index contributed by atoms with van der Waals surface area (Å²) < 4.78 is 8.81. The summed E-state index contributed by atoms with van der Waals surface area (Å²) in [6, 6.07) is 24.1. The van der Waals surface area contributed by atoms with Crippen LogP contribution in [0.3, 0.4) is 0 Å². The Balaban J connectivity index is 1.69. The standard InChI is InChI=1S/C19H24NOPSi/c1-23(16-9-4-2-5-10-16,17-11-6-3-7-12-17)15-19-18-13-8-14-20(18)22-21-19/h2-7,9-12,18-19,22H,8,13-15H2,1H3/t18-,19?/m0/s1. The molecule has 0 saturated carbocycles. The zero-order chi connectivity index (χ0) is 15.7. The van der Waals surface area contributed by atoms with Crippen molar-refractivity contribution in [1.82, 2.24) is 4.67 Å². The van der Waals surface area contributed by atoms with E-state index in [1.807, 2.05) is 0 Å². The number of rotatable bonds is 4. The van der Waals surface area contributed by atoms with Gasteiger partial charge in [-0.2, -0.15) is 0 Å². The molecule has 3 atom stereocenters. The van der Waals surface area contributed by atoms with Gasteiger partial charge >= 0.3 is 0 Å². The van der Waals surface area contributed by atoms with Crippen molar-refractivity contribution in [1.29, 1.82) is 0 Å². The molecule has 2 fully saturated rings. The van der Waals surface area contributed by atoms with Gasteiger partial charge in [0.05, 0.1) is 15.1 Å². The van der Waals surface area contributed by atoms with Crippen molar-refractivity contribution in [3.05, 3.63) is 60.7 Å². The molecule has 2 saturated heterocycles. The van der Waals surface area contributed by atoms with Gasteiger partial charge in [-0.05, 0) is 18.9 Å². The first kappa shape index (κ1) is 15.5. The monoisotopic (exact) mass is 341 g/mol. The Morgan fingerprint density at radius 1 is 1.04 bits per heavy atom. The lowest BCUT2D eigenvalue weighted by atomic mass is 10.1. The van der Waals surface area contributed by atoms with Gasteiger partial charge in [0.1, 0.15) is 8.07 Å². The zero-order valence-corrected chi connectivity index (χ0v) is 15.6. The summed E-state index contributed by atoms with van der Waals surface area (Å²) >= 11 is 0. The van der Waals surface area contributed by atoms with Crippen molar-refractivity contribution in [2.45, 2.75) is 37.6 Å². The predicted molar refractivity (Wildman–Crippen MR) is 101 cm³/mol. The van der Waals surface area contributed by atoms with Crippen molar-refractivity contribution in [3.63, 3.8) is 0 Å². The maximum Gasteiger partial charge on any atom is 0.117 e. The molecule has 0 N–H and O–H groups in total. The van der Waals surface area contributed by atoms with Crippen molar-refractivity contribution in [2.24, 2.45) is 0 Å². The lowest BCUT2D eigenvalue weighted by molar-refractivity contribution is 0.232. The van der Waals surface area contributed by atoms with E-state index in [9.17, 15) is 0 Å². The van der Waals surface area contributed by atoms with Gasteiger partial charge in [-0.1, -0.05) is 77.6 Å². The fourth-order valence-corrected chi connectivity index (χ4v) is 9.28. The fourth-order valence-electron chi connectivity index (χ4n) is 4.10. The molecule has 4 rings (SSSR count). The van der Waals surface area contributed by atoms with E-state index in [0.29, 0.717) is 21.1 Å². The van der Waals surface area contributed by atoms with Crippen LogP contribution >= 0.6 is 8.96 Å². The van der Waals surface area contributed by atoms with Crippen LogP contribution in [0.25, 0.3) is 0 Å². The minimum absolute atomic E-state index is 0.410. The van der Waals surface area contributed by atoms with E-state index in [2.05, 4.69) is 71.9 Å². The molecular weight excluding hydrogens is 317 g/mol. The molecule has 0 radical (unpaired) electrons. The molecule has 23 heavy (non-hydrogen) atoms. The molecule has 0 aromatic heterocycles. The second-order valence-electron chi connectivity index (χ2n) is 6.92. The average molecular weight is 341 g/mol. The summed E-state index contributed by atoms with van der Waals surface area (Å²) in [6.45, 7) is 3.75. The van der Waals surface area contributed by atoms with Crippen LogP contribution in [0.1, 0.15) is 12.8 Å². The van der Waals surface area contributed by atoms with Gasteiger partial charge in [0, 0.05) is 12.6 Å². The van der Waals surface area contributed by atoms with Crippen LogP contribution in [0, 0.1) is 0 Å². The molecule has 2 aliphatic heterocycles. The van der Waals surface area contributed by atoms with Gasteiger partial charge in [-0.3, -0.25) is 4.67 Å². The minimum Gasteiger partial charge on any atom is -0.342 e. The van der Waals surface area contributed by atoms with Gasteiger partial charge < -0.3 is 4.52 Å². The highest BCUT2D eigenvalue weighted by Crippen LogP contribution is 2.44. The maximum atomic E-state index is 6.25. The largest absolute Gasteiger partial charge is 0.342 e. The summed E-state index contributed by atoms with van der Waals surface area (Å²) in [4.78, 5) is 0. The zero-order valence-electron chi connectivity index (χ0n) is 13.6. The van der Waals surface area contributed by atoms with E-state index >= 15 is 0 Å². The van der Waals surface area contributed by atoms with Crippen molar-refractivity contribution in [3.8, 4) is 0 Å². The summed E-state index contributed by atoms with van der Waals surface area (Å²) in [5, 5.41) is 3.05. The Morgan fingerprint density at radius 3 is 2.26 bits per heavy atom. The van der Waals surface area contributed by atoms with E-state index in [4.69, 9.17) is 4.52 Å². The van der Waals surface area contributed by atoms with E-state index in [1.54, 1.807) is 0 Å². The Morgan fingerprint density at radius 2 is 1.65 bits per heavy atom. The third-order valence-corrected chi connectivity index (χ3v) is 11.1. The Hall–Kier alpha value is -0.993. The second-order valence-corrected chi connectivity index (χ2v) is 12.1.